The Labute approximate surface area is 116 Å². The first-order valence-corrected chi connectivity index (χ1v) is 6.33. The van der Waals surface area contributed by atoms with E-state index in [9.17, 15) is 17.6 Å². The Balaban J connectivity index is 3.04. The number of hydrogen-bond acceptors (Lipinski definition) is 3. The van der Waals surface area contributed by atoms with Crippen LogP contribution in [0.3, 0.4) is 0 Å². The lowest BCUT2D eigenvalue weighted by Crippen LogP contribution is -2.34. The van der Waals surface area contributed by atoms with Crippen molar-refractivity contribution in [3.8, 4) is 0 Å². The summed E-state index contributed by atoms with van der Waals surface area (Å²) in [5.41, 5.74) is -0.803. The van der Waals surface area contributed by atoms with E-state index in [-0.39, 0.29) is 12.0 Å². The molecule has 0 spiro atoms. The van der Waals surface area contributed by atoms with Crippen molar-refractivity contribution in [1.29, 1.82) is 0 Å². The normalized spacial score (nSPS) is 13.1. The van der Waals surface area contributed by atoms with E-state index < -0.39 is 29.2 Å². The number of halogens is 4. The molecule has 0 aliphatic heterocycles. The highest BCUT2D eigenvalue weighted by molar-refractivity contribution is 5.46. The lowest BCUT2D eigenvalue weighted by atomic mass is 10.0. The summed E-state index contributed by atoms with van der Waals surface area (Å²) < 4.78 is 53.2. The van der Waals surface area contributed by atoms with Crippen LogP contribution < -0.4 is 5.32 Å². The molecule has 0 aromatic carbocycles. The summed E-state index contributed by atoms with van der Waals surface area (Å²) in [4.78, 5) is 4.35. The zero-order chi connectivity index (χ0) is 15.4. The highest BCUT2D eigenvalue weighted by atomic mass is 19.2. The first kappa shape index (κ1) is 16.7. The largest absolute Gasteiger partial charge is 0.376 e. The predicted molar refractivity (Wildman–Crippen MR) is 69.5 cm³/mol. The molecule has 0 saturated heterocycles. The van der Waals surface area contributed by atoms with Crippen molar-refractivity contribution in [1.82, 2.24) is 9.88 Å². The van der Waals surface area contributed by atoms with E-state index in [2.05, 4.69) is 10.3 Å². The van der Waals surface area contributed by atoms with Crippen LogP contribution in [0.4, 0.5) is 23.2 Å². The number of likely N-dealkylation sites (N-methyl/N-ethyl adjacent to an activating group) is 1. The summed E-state index contributed by atoms with van der Waals surface area (Å²) in [6.45, 7) is 4.37. The second kappa shape index (κ2) is 6.88. The van der Waals surface area contributed by atoms with Crippen LogP contribution >= 0.6 is 0 Å². The second-order valence-corrected chi connectivity index (χ2v) is 5.43. The zero-order valence-corrected chi connectivity index (χ0v) is 12.0. The molecule has 0 radical (unpaired) electrons. The third-order valence-electron chi connectivity index (χ3n) is 2.69. The lowest BCUT2D eigenvalue weighted by Gasteiger charge is -2.25. The molecule has 0 aliphatic carbocycles. The smallest absolute Gasteiger partial charge is 0.253 e. The average molecular weight is 293 g/mol. The molecule has 0 fully saturated rings. The molecule has 0 amide bonds. The van der Waals surface area contributed by atoms with Gasteiger partial charge in [-0.05, 0) is 26.4 Å². The van der Waals surface area contributed by atoms with Crippen molar-refractivity contribution < 1.29 is 17.6 Å². The highest BCUT2D eigenvalue weighted by Gasteiger charge is 2.23. The maximum Gasteiger partial charge on any atom is 0.253 e. The van der Waals surface area contributed by atoms with Gasteiger partial charge in [0, 0.05) is 12.6 Å². The van der Waals surface area contributed by atoms with E-state index in [1.54, 1.807) is 14.1 Å². The summed E-state index contributed by atoms with van der Waals surface area (Å²) in [5, 5.41) is 2.55. The zero-order valence-electron chi connectivity index (χ0n) is 12.0. The number of pyridine rings is 1. The van der Waals surface area contributed by atoms with Gasteiger partial charge in [0.2, 0.25) is 11.6 Å². The van der Waals surface area contributed by atoms with Crippen molar-refractivity contribution >= 4 is 5.69 Å². The Morgan fingerprint density at radius 3 is 1.95 bits per heavy atom. The number of nitrogens with zero attached hydrogens (tertiary/aromatic N) is 2. The van der Waals surface area contributed by atoms with Crippen LogP contribution in [0.2, 0.25) is 0 Å². The minimum Gasteiger partial charge on any atom is -0.376 e. The summed E-state index contributed by atoms with van der Waals surface area (Å²) >= 11 is 0. The first-order chi connectivity index (χ1) is 9.22. The van der Waals surface area contributed by atoms with Gasteiger partial charge in [0.25, 0.3) is 11.9 Å². The van der Waals surface area contributed by atoms with Crippen LogP contribution in [-0.2, 0) is 0 Å². The fraction of sp³-hybridized carbons (Fsp3) is 0.615. The van der Waals surface area contributed by atoms with Gasteiger partial charge < -0.3 is 10.2 Å². The maximum atomic E-state index is 13.6. The average Bonchev–Trinajstić information content (AvgIpc) is 2.30. The van der Waals surface area contributed by atoms with Crippen molar-refractivity contribution in [3.05, 3.63) is 23.5 Å². The molecule has 0 saturated carbocycles. The molecule has 3 nitrogen and oxygen atoms in total. The summed E-state index contributed by atoms with van der Waals surface area (Å²) in [5.74, 6) is -6.05. The van der Waals surface area contributed by atoms with Crippen molar-refractivity contribution in [2.45, 2.75) is 26.3 Å². The Kier molecular flexibility index (Phi) is 5.74. The molecule has 7 heteroatoms. The quantitative estimate of drug-likeness (QED) is 0.645. The van der Waals surface area contributed by atoms with E-state index >= 15 is 0 Å². The van der Waals surface area contributed by atoms with E-state index in [1.807, 2.05) is 18.7 Å². The van der Waals surface area contributed by atoms with Crippen LogP contribution in [0, 0.1) is 29.4 Å². The van der Waals surface area contributed by atoms with E-state index in [0.717, 1.165) is 0 Å². The second-order valence-electron chi connectivity index (χ2n) is 5.43. The number of nitrogens with one attached hydrogen (secondary N) is 1. The minimum absolute atomic E-state index is 0.259. The molecule has 1 aromatic heterocycles. The molecule has 1 aromatic rings. The summed E-state index contributed by atoms with van der Waals surface area (Å²) in [6, 6.07) is -0.338. The minimum atomic E-state index is -1.65. The van der Waals surface area contributed by atoms with E-state index in [4.69, 9.17) is 0 Å². The fourth-order valence-electron chi connectivity index (χ4n) is 2.01. The Morgan fingerprint density at radius 1 is 1.05 bits per heavy atom. The van der Waals surface area contributed by atoms with Crippen LogP contribution in [0.15, 0.2) is 0 Å². The molecular formula is C13H19F4N3. The predicted octanol–water partition coefficient (Wildman–Crippen LogP) is 3.03. The molecule has 114 valence electrons. The van der Waals surface area contributed by atoms with Gasteiger partial charge in [0.15, 0.2) is 0 Å². The number of rotatable bonds is 6. The van der Waals surface area contributed by atoms with Crippen molar-refractivity contribution in [2.24, 2.45) is 5.92 Å². The van der Waals surface area contributed by atoms with Crippen molar-refractivity contribution in [3.63, 3.8) is 0 Å². The first-order valence-electron chi connectivity index (χ1n) is 6.33. The monoisotopic (exact) mass is 293 g/mol. The summed E-state index contributed by atoms with van der Waals surface area (Å²) in [7, 11) is 3.60. The Bertz CT molecular complexity index is 427. The molecular weight excluding hydrogens is 274 g/mol. The Morgan fingerprint density at radius 2 is 1.55 bits per heavy atom. The topological polar surface area (TPSA) is 28.2 Å². The molecule has 0 bridgehead atoms. The Hall–Kier alpha value is -1.37. The van der Waals surface area contributed by atoms with Gasteiger partial charge >= 0.3 is 0 Å². The van der Waals surface area contributed by atoms with Gasteiger partial charge in [0.1, 0.15) is 5.69 Å². The third kappa shape index (κ3) is 4.33. The number of hydrogen-bond donors (Lipinski definition) is 1. The lowest BCUT2D eigenvalue weighted by molar-refractivity contribution is 0.352. The summed E-state index contributed by atoms with van der Waals surface area (Å²) in [6.07, 6.45) is 0.600. The van der Waals surface area contributed by atoms with Gasteiger partial charge in [-0.15, -0.1) is 0 Å². The number of anilines is 1. The number of aromatic nitrogens is 1. The molecule has 1 heterocycles. The van der Waals surface area contributed by atoms with Crippen LogP contribution in [0.5, 0.6) is 0 Å². The van der Waals surface area contributed by atoms with Crippen LogP contribution in [0.1, 0.15) is 20.3 Å². The van der Waals surface area contributed by atoms with Gasteiger partial charge in [-0.1, -0.05) is 13.8 Å². The molecule has 1 unspecified atom stereocenters. The van der Waals surface area contributed by atoms with Crippen LogP contribution in [0.25, 0.3) is 0 Å². The molecule has 1 atom stereocenters. The maximum absolute atomic E-state index is 13.6. The van der Waals surface area contributed by atoms with Gasteiger partial charge in [-0.3, -0.25) is 0 Å². The SMILES string of the molecule is CC(C)CC(CN(C)C)Nc1c(F)c(F)nc(F)c1F. The molecule has 0 aliphatic rings. The van der Waals surface area contributed by atoms with Crippen molar-refractivity contribution in [2.75, 3.05) is 26.0 Å². The van der Waals surface area contributed by atoms with Gasteiger partial charge in [-0.25, -0.2) is 0 Å². The van der Waals surface area contributed by atoms with E-state index in [1.165, 1.54) is 0 Å². The van der Waals surface area contributed by atoms with Crippen LogP contribution in [-0.4, -0.2) is 36.6 Å². The highest BCUT2D eigenvalue weighted by Crippen LogP contribution is 2.24. The molecule has 20 heavy (non-hydrogen) atoms. The third-order valence-corrected chi connectivity index (χ3v) is 2.69. The van der Waals surface area contributed by atoms with Gasteiger partial charge in [-0.2, -0.15) is 22.5 Å². The van der Waals surface area contributed by atoms with Gasteiger partial charge in [0.05, 0.1) is 0 Å². The fourth-order valence-corrected chi connectivity index (χ4v) is 2.01. The molecule has 1 rings (SSSR count). The molecule has 1 N–H and O–H groups in total. The standard InChI is InChI=1S/C13H19F4N3/c1-7(2)5-8(6-20(3)4)18-11-9(14)12(16)19-13(17)10(11)15/h7-8H,5-6H2,1-4H3,(H,18,19). The van der Waals surface area contributed by atoms with E-state index in [0.29, 0.717) is 13.0 Å².